The minimum Gasteiger partial charge on any atom is -0.484 e. The number of benzene rings is 2. The van der Waals surface area contributed by atoms with E-state index in [1.54, 1.807) is 60.9 Å². The molecule has 3 amide bonds. The molecular weight excluding hydrogens is 396 g/mol. The van der Waals surface area contributed by atoms with Crippen molar-refractivity contribution < 1.29 is 19.1 Å². The van der Waals surface area contributed by atoms with Gasteiger partial charge in [0.05, 0.1) is 0 Å². The van der Waals surface area contributed by atoms with Crippen LogP contribution >= 0.6 is 0 Å². The van der Waals surface area contributed by atoms with Crippen LogP contribution in [0.25, 0.3) is 0 Å². The van der Waals surface area contributed by atoms with Gasteiger partial charge < -0.3 is 20.7 Å². The van der Waals surface area contributed by atoms with Crippen LogP contribution in [0, 0.1) is 0 Å². The number of anilines is 3. The molecule has 0 radical (unpaired) electrons. The predicted octanol–water partition coefficient (Wildman–Crippen LogP) is 3.24. The number of rotatable bonds is 6. The normalized spacial score (nSPS) is 12.3. The Balaban J connectivity index is 1.33. The van der Waals surface area contributed by atoms with Crippen molar-refractivity contribution in [3.8, 4) is 5.75 Å². The molecule has 0 bridgehead atoms. The summed E-state index contributed by atoms with van der Waals surface area (Å²) in [7, 11) is 0. The smallest absolute Gasteiger partial charge is 0.262 e. The van der Waals surface area contributed by atoms with Gasteiger partial charge in [-0.25, -0.2) is 0 Å². The van der Waals surface area contributed by atoms with E-state index in [0.29, 0.717) is 35.5 Å². The molecule has 31 heavy (non-hydrogen) atoms. The Morgan fingerprint density at radius 3 is 2.65 bits per heavy atom. The van der Waals surface area contributed by atoms with Crippen LogP contribution in [0.5, 0.6) is 5.75 Å². The van der Waals surface area contributed by atoms with E-state index in [-0.39, 0.29) is 24.3 Å². The largest absolute Gasteiger partial charge is 0.484 e. The average Bonchev–Trinajstić information content (AvgIpc) is 2.78. The molecule has 1 aliphatic heterocycles. The first-order valence-electron chi connectivity index (χ1n) is 9.74. The minimum absolute atomic E-state index is 0.00256. The van der Waals surface area contributed by atoms with E-state index in [1.165, 1.54) is 0 Å². The zero-order chi connectivity index (χ0) is 21.6. The molecule has 0 unspecified atom stereocenters. The molecule has 8 nitrogen and oxygen atoms in total. The van der Waals surface area contributed by atoms with E-state index < -0.39 is 0 Å². The summed E-state index contributed by atoms with van der Waals surface area (Å²) < 4.78 is 5.58. The zero-order valence-corrected chi connectivity index (χ0v) is 16.6. The first-order valence-corrected chi connectivity index (χ1v) is 9.74. The van der Waals surface area contributed by atoms with Gasteiger partial charge >= 0.3 is 0 Å². The molecule has 1 aromatic heterocycles. The van der Waals surface area contributed by atoms with Crippen LogP contribution in [-0.4, -0.2) is 29.3 Å². The Bertz CT molecular complexity index is 1130. The van der Waals surface area contributed by atoms with Crippen molar-refractivity contribution in [2.24, 2.45) is 0 Å². The fourth-order valence-electron chi connectivity index (χ4n) is 3.17. The highest BCUT2D eigenvalue weighted by atomic mass is 16.5. The van der Waals surface area contributed by atoms with Gasteiger partial charge in [0, 0.05) is 41.4 Å². The monoisotopic (exact) mass is 416 g/mol. The lowest BCUT2D eigenvalue weighted by atomic mass is 10.0. The van der Waals surface area contributed by atoms with Crippen LogP contribution < -0.4 is 20.7 Å². The highest BCUT2D eigenvalue weighted by molar-refractivity contribution is 6.05. The van der Waals surface area contributed by atoms with Gasteiger partial charge in [0.2, 0.25) is 5.91 Å². The first kappa shape index (κ1) is 20.1. The van der Waals surface area contributed by atoms with Gasteiger partial charge in [0.15, 0.2) is 6.61 Å². The number of nitrogens with one attached hydrogen (secondary N) is 3. The SMILES string of the molecule is O=C(COc1ccc2c(c1)CCC(=O)N2)Nc1cccc(C(=O)Nc2ccncc2)c1. The number of hydrogen-bond acceptors (Lipinski definition) is 5. The maximum atomic E-state index is 12.4. The van der Waals surface area contributed by atoms with Gasteiger partial charge in [-0.3, -0.25) is 19.4 Å². The van der Waals surface area contributed by atoms with E-state index in [4.69, 9.17) is 4.74 Å². The Labute approximate surface area is 178 Å². The second-order valence-electron chi connectivity index (χ2n) is 6.97. The number of aromatic nitrogens is 1. The second kappa shape index (κ2) is 9.08. The third-order valence-corrected chi connectivity index (χ3v) is 4.69. The highest BCUT2D eigenvalue weighted by Crippen LogP contribution is 2.26. The third-order valence-electron chi connectivity index (χ3n) is 4.69. The first-order chi connectivity index (χ1) is 15.1. The van der Waals surface area contributed by atoms with Gasteiger partial charge in [-0.2, -0.15) is 0 Å². The molecule has 1 aliphatic rings. The molecular formula is C23H20N4O4. The summed E-state index contributed by atoms with van der Waals surface area (Å²) >= 11 is 0. The van der Waals surface area contributed by atoms with E-state index in [2.05, 4.69) is 20.9 Å². The molecule has 4 rings (SSSR count). The number of fused-ring (bicyclic) bond motifs is 1. The van der Waals surface area contributed by atoms with Gasteiger partial charge in [0.1, 0.15) is 5.75 Å². The van der Waals surface area contributed by atoms with Gasteiger partial charge in [-0.1, -0.05) is 6.07 Å². The molecule has 0 spiro atoms. The topological polar surface area (TPSA) is 109 Å². The lowest BCUT2D eigenvalue weighted by Gasteiger charge is -2.17. The third kappa shape index (κ3) is 5.24. The maximum absolute atomic E-state index is 12.4. The zero-order valence-electron chi connectivity index (χ0n) is 16.6. The number of amides is 3. The number of hydrogen-bond donors (Lipinski definition) is 3. The van der Waals surface area contributed by atoms with Crippen molar-refractivity contribution in [1.29, 1.82) is 0 Å². The fraction of sp³-hybridized carbons (Fsp3) is 0.130. The minimum atomic E-state index is -0.349. The van der Waals surface area contributed by atoms with Crippen molar-refractivity contribution >= 4 is 34.8 Å². The summed E-state index contributed by atoms with van der Waals surface area (Å²) in [5.74, 6) is -0.0924. The van der Waals surface area contributed by atoms with Crippen LogP contribution in [0.15, 0.2) is 67.0 Å². The van der Waals surface area contributed by atoms with Crippen molar-refractivity contribution in [1.82, 2.24) is 4.98 Å². The van der Waals surface area contributed by atoms with E-state index in [9.17, 15) is 14.4 Å². The Hall–Kier alpha value is -4.20. The second-order valence-corrected chi connectivity index (χ2v) is 6.97. The van der Waals surface area contributed by atoms with Crippen LogP contribution in [0.4, 0.5) is 17.1 Å². The van der Waals surface area contributed by atoms with Crippen molar-refractivity contribution in [3.05, 3.63) is 78.1 Å². The molecule has 2 aromatic carbocycles. The van der Waals surface area contributed by atoms with Gasteiger partial charge in [-0.05, 0) is 60.5 Å². The van der Waals surface area contributed by atoms with Crippen LogP contribution in [0.3, 0.4) is 0 Å². The van der Waals surface area contributed by atoms with Crippen molar-refractivity contribution in [2.75, 3.05) is 22.6 Å². The van der Waals surface area contributed by atoms with E-state index >= 15 is 0 Å². The highest BCUT2D eigenvalue weighted by Gasteiger charge is 2.15. The van der Waals surface area contributed by atoms with Crippen LogP contribution in [-0.2, 0) is 16.0 Å². The van der Waals surface area contributed by atoms with Gasteiger partial charge in [0.25, 0.3) is 11.8 Å². The summed E-state index contributed by atoms with van der Waals surface area (Å²) in [6.07, 6.45) is 4.25. The molecule has 0 saturated carbocycles. The van der Waals surface area contributed by atoms with Crippen molar-refractivity contribution in [2.45, 2.75) is 12.8 Å². The molecule has 0 fully saturated rings. The molecule has 156 valence electrons. The Morgan fingerprint density at radius 2 is 1.81 bits per heavy atom. The van der Waals surface area contributed by atoms with Crippen LogP contribution in [0.1, 0.15) is 22.3 Å². The van der Waals surface area contributed by atoms with Gasteiger partial charge in [-0.15, -0.1) is 0 Å². The summed E-state index contributed by atoms with van der Waals surface area (Å²) in [5, 5.41) is 8.30. The summed E-state index contributed by atoms with van der Waals surface area (Å²) in [4.78, 5) is 40.0. The number of nitrogens with zero attached hydrogens (tertiary/aromatic N) is 1. The number of carbonyl (C=O) groups excluding carboxylic acids is 3. The lowest BCUT2D eigenvalue weighted by Crippen LogP contribution is -2.21. The summed E-state index contributed by atoms with van der Waals surface area (Å²) in [6.45, 7) is -0.182. The molecule has 8 heteroatoms. The number of carbonyl (C=O) groups is 3. The number of pyridine rings is 1. The molecule has 3 aromatic rings. The molecule has 3 N–H and O–H groups in total. The van der Waals surface area contributed by atoms with Crippen LogP contribution in [0.2, 0.25) is 0 Å². The fourth-order valence-corrected chi connectivity index (χ4v) is 3.17. The molecule has 0 aliphatic carbocycles. The number of ether oxygens (including phenoxy) is 1. The Morgan fingerprint density at radius 1 is 0.968 bits per heavy atom. The molecule has 0 atom stereocenters. The lowest BCUT2D eigenvalue weighted by molar-refractivity contribution is -0.118. The quantitative estimate of drug-likeness (QED) is 0.572. The van der Waals surface area contributed by atoms with E-state index in [0.717, 1.165) is 11.3 Å². The molecule has 0 saturated heterocycles. The summed E-state index contributed by atoms with van der Waals surface area (Å²) in [5.41, 5.74) is 3.28. The molecule has 2 heterocycles. The van der Waals surface area contributed by atoms with Crippen molar-refractivity contribution in [3.63, 3.8) is 0 Å². The van der Waals surface area contributed by atoms with E-state index in [1.807, 2.05) is 6.07 Å². The standard InChI is InChI=1S/C23H20N4O4/c28-21-7-4-15-13-19(5-6-20(15)27-21)31-14-22(29)25-18-3-1-2-16(12-18)23(30)26-17-8-10-24-11-9-17/h1-3,5-6,8-13H,4,7,14H2,(H,25,29)(H,27,28)(H,24,26,30). The predicted molar refractivity (Wildman–Crippen MR) is 116 cm³/mol. The number of aryl methyl sites for hydroxylation is 1. The summed E-state index contributed by atoms with van der Waals surface area (Å²) in [6, 6.07) is 15.3. The average molecular weight is 416 g/mol. The Kier molecular flexibility index (Phi) is 5.89. The maximum Gasteiger partial charge on any atom is 0.262 e.